The summed E-state index contributed by atoms with van der Waals surface area (Å²) in [7, 11) is 2.01. The molecule has 3 fully saturated rings. The molecule has 2 bridgehead atoms. The van der Waals surface area contributed by atoms with Crippen molar-refractivity contribution < 1.29 is 0 Å². The van der Waals surface area contributed by atoms with Crippen molar-refractivity contribution >= 4 is 0 Å². The molecule has 0 radical (unpaired) electrons. The van der Waals surface area contributed by atoms with Crippen LogP contribution < -0.4 is 5.32 Å². The molecule has 0 saturated heterocycles. The van der Waals surface area contributed by atoms with Gasteiger partial charge in [-0.1, -0.05) is 65.2 Å². The number of likely N-dealkylation sites (N-methyl/N-ethyl adjacent to an activating group) is 1. The van der Waals surface area contributed by atoms with E-state index in [1.807, 2.05) is 25.1 Å². The maximum atomic E-state index is 4.37. The van der Waals surface area contributed by atoms with Gasteiger partial charge in [-0.25, -0.2) is 0 Å². The molecule has 2 nitrogen and oxygen atoms in total. The van der Waals surface area contributed by atoms with Crippen LogP contribution in [0.25, 0.3) is 0 Å². The number of hydrogen-bond acceptors (Lipinski definition) is 2. The molecule has 166 valence electrons. The van der Waals surface area contributed by atoms with Crippen molar-refractivity contribution in [1.29, 1.82) is 0 Å². The van der Waals surface area contributed by atoms with Gasteiger partial charge in [0.15, 0.2) is 0 Å². The Kier molecular flexibility index (Phi) is 12.7. The van der Waals surface area contributed by atoms with Crippen LogP contribution in [-0.2, 0) is 0 Å². The first-order valence-electron chi connectivity index (χ1n) is 11.4. The van der Waals surface area contributed by atoms with Gasteiger partial charge in [-0.3, -0.25) is 0 Å². The highest BCUT2D eigenvalue weighted by Gasteiger charge is 2.49. The van der Waals surface area contributed by atoms with Crippen LogP contribution in [0.1, 0.15) is 79.1 Å². The molecule has 0 aromatic heterocycles. The third kappa shape index (κ3) is 8.28. The van der Waals surface area contributed by atoms with Gasteiger partial charge in [0.25, 0.3) is 0 Å². The maximum absolute atomic E-state index is 4.37. The van der Waals surface area contributed by atoms with E-state index in [4.69, 9.17) is 0 Å². The standard InChI is InChI=1S/C21H34N2.C3H8.C3H6/c1-7-18(4)21-12-9-20(10-13-21,11-14-21)16-22-19(5)17(3)15-23(6)8-2;2*1-3-2/h8,22H,2-5,7,9-16H2,1,6H3;3H2,1-2H3;3H,1H2,2H3. The number of hydrogen-bond donors (Lipinski definition) is 1. The molecule has 3 aliphatic rings. The molecule has 0 spiro atoms. The summed E-state index contributed by atoms with van der Waals surface area (Å²) in [4.78, 5) is 2.03. The Morgan fingerprint density at radius 2 is 1.41 bits per heavy atom. The number of fused-ring (bicyclic) bond motifs is 3. The summed E-state index contributed by atoms with van der Waals surface area (Å²) in [5, 5.41) is 3.58. The van der Waals surface area contributed by atoms with Crippen LogP contribution in [0.15, 0.2) is 62.0 Å². The number of rotatable bonds is 9. The van der Waals surface area contributed by atoms with E-state index in [-0.39, 0.29) is 0 Å². The SMILES string of the molecule is C=CC.C=CN(C)CC(=C)C(=C)NCC12CCC(C(=C)CC)(CC1)CC2.CCC. The quantitative estimate of drug-likeness (QED) is 0.316. The van der Waals surface area contributed by atoms with Gasteiger partial charge < -0.3 is 10.2 Å². The Morgan fingerprint density at radius 3 is 1.79 bits per heavy atom. The number of allylic oxidation sites excluding steroid dienone is 2. The van der Waals surface area contributed by atoms with Gasteiger partial charge >= 0.3 is 0 Å². The van der Waals surface area contributed by atoms with Crippen molar-refractivity contribution in [2.45, 2.75) is 79.1 Å². The molecule has 0 aromatic rings. The van der Waals surface area contributed by atoms with Crippen LogP contribution in [0.3, 0.4) is 0 Å². The van der Waals surface area contributed by atoms with Gasteiger partial charge in [0.2, 0.25) is 0 Å². The number of nitrogens with zero attached hydrogens (tertiary/aromatic N) is 1. The highest BCUT2D eigenvalue weighted by molar-refractivity contribution is 5.26. The molecular weight excluding hydrogens is 352 g/mol. The predicted molar refractivity (Wildman–Crippen MR) is 133 cm³/mol. The molecule has 3 rings (SSSR count). The lowest BCUT2D eigenvalue weighted by Gasteiger charge is -2.54. The van der Waals surface area contributed by atoms with Crippen molar-refractivity contribution in [3.05, 3.63) is 62.0 Å². The molecule has 0 amide bonds. The molecule has 0 atom stereocenters. The Balaban J connectivity index is 0.00000116. The van der Waals surface area contributed by atoms with Crippen molar-refractivity contribution in [3.63, 3.8) is 0 Å². The zero-order chi connectivity index (χ0) is 22.5. The zero-order valence-electron chi connectivity index (χ0n) is 20.2. The molecule has 0 aliphatic heterocycles. The lowest BCUT2D eigenvalue weighted by atomic mass is 9.51. The molecule has 1 N–H and O–H groups in total. The van der Waals surface area contributed by atoms with E-state index in [9.17, 15) is 0 Å². The lowest BCUT2D eigenvalue weighted by molar-refractivity contribution is 0.0154. The monoisotopic (exact) mass is 400 g/mol. The van der Waals surface area contributed by atoms with Crippen molar-refractivity contribution in [1.82, 2.24) is 10.2 Å². The van der Waals surface area contributed by atoms with E-state index in [0.717, 1.165) is 30.8 Å². The summed E-state index contributed by atoms with van der Waals surface area (Å²) in [6.45, 7) is 30.0. The highest BCUT2D eigenvalue weighted by atomic mass is 15.1. The molecule has 0 unspecified atom stereocenters. The first-order valence-corrected chi connectivity index (χ1v) is 11.4. The van der Waals surface area contributed by atoms with Gasteiger partial charge in [0, 0.05) is 25.8 Å². The van der Waals surface area contributed by atoms with Crippen LogP contribution in [-0.4, -0.2) is 25.0 Å². The summed E-state index contributed by atoms with van der Waals surface area (Å²) in [5.74, 6) is 0. The molecule has 0 aromatic carbocycles. The van der Waals surface area contributed by atoms with E-state index in [2.05, 4.69) is 59.0 Å². The normalized spacial score (nSPS) is 24.0. The van der Waals surface area contributed by atoms with Gasteiger partial charge in [-0.05, 0) is 74.5 Å². The van der Waals surface area contributed by atoms with Crippen LogP contribution in [0.4, 0.5) is 0 Å². The smallest absolute Gasteiger partial charge is 0.0434 e. The topological polar surface area (TPSA) is 15.3 Å². The Labute approximate surface area is 182 Å². The Bertz CT molecular complexity index is 530. The third-order valence-electron chi connectivity index (χ3n) is 6.43. The average Bonchev–Trinajstić information content (AvgIpc) is 2.73. The molecule has 3 aliphatic carbocycles. The second-order valence-electron chi connectivity index (χ2n) is 8.89. The fourth-order valence-electron chi connectivity index (χ4n) is 4.31. The van der Waals surface area contributed by atoms with Crippen LogP contribution in [0.2, 0.25) is 0 Å². The zero-order valence-corrected chi connectivity index (χ0v) is 20.2. The first kappa shape index (κ1) is 27.3. The molecule has 0 heterocycles. The van der Waals surface area contributed by atoms with Crippen LogP contribution in [0.5, 0.6) is 0 Å². The van der Waals surface area contributed by atoms with Crippen LogP contribution in [0, 0.1) is 10.8 Å². The van der Waals surface area contributed by atoms with E-state index in [1.165, 1.54) is 50.5 Å². The summed E-state index contributed by atoms with van der Waals surface area (Å²) in [6, 6.07) is 0. The maximum Gasteiger partial charge on any atom is 0.0434 e. The van der Waals surface area contributed by atoms with Crippen molar-refractivity contribution in [3.8, 4) is 0 Å². The summed E-state index contributed by atoms with van der Waals surface area (Å²) >= 11 is 0. The minimum atomic E-state index is 0.462. The van der Waals surface area contributed by atoms with E-state index in [0.29, 0.717) is 10.8 Å². The Morgan fingerprint density at radius 1 is 0.966 bits per heavy atom. The third-order valence-corrected chi connectivity index (χ3v) is 6.43. The van der Waals surface area contributed by atoms with Gasteiger partial charge in [0.05, 0.1) is 0 Å². The summed E-state index contributed by atoms with van der Waals surface area (Å²) in [6.07, 6.45) is 13.9. The molecule has 29 heavy (non-hydrogen) atoms. The van der Waals surface area contributed by atoms with E-state index in [1.54, 1.807) is 6.08 Å². The van der Waals surface area contributed by atoms with Gasteiger partial charge in [-0.15, -0.1) is 6.58 Å². The predicted octanol–water partition coefficient (Wildman–Crippen LogP) is 7.64. The fourth-order valence-corrected chi connectivity index (χ4v) is 4.31. The average molecular weight is 401 g/mol. The lowest BCUT2D eigenvalue weighted by Crippen LogP contribution is -2.47. The molecule has 2 heteroatoms. The van der Waals surface area contributed by atoms with E-state index >= 15 is 0 Å². The summed E-state index contributed by atoms with van der Waals surface area (Å²) < 4.78 is 0. The van der Waals surface area contributed by atoms with E-state index < -0.39 is 0 Å². The second kappa shape index (κ2) is 13.5. The van der Waals surface area contributed by atoms with Crippen LogP contribution >= 0.6 is 0 Å². The van der Waals surface area contributed by atoms with Crippen molar-refractivity contribution in [2.24, 2.45) is 10.8 Å². The minimum Gasteiger partial charge on any atom is -0.385 e. The highest BCUT2D eigenvalue weighted by Crippen LogP contribution is 2.59. The second-order valence-corrected chi connectivity index (χ2v) is 8.89. The Hall–Kier alpha value is -1.70. The van der Waals surface area contributed by atoms with Gasteiger partial charge in [-0.2, -0.15) is 0 Å². The number of nitrogens with one attached hydrogen (secondary N) is 1. The minimum absolute atomic E-state index is 0.462. The largest absolute Gasteiger partial charge is 0.385 e. The first-order chi connectivity index (χ1) is 13.7. The van der Waals surface area contributed by atoms with Crippen molar-refractivity contribution in [2.75, 3.05) is 20.1 Å². The fraction of sp³-hybridized carbons (Fsp3) is 0.630. The summed E-state index contributed by atoms with van der Waals surface area (Å²) in [5.41, 5.74) is 4.44. The molecule has 3 saturated carbocycles. The molecular formula is C27H48N2. The van der Waals surface area contributed by atoms with Gasteiger partial charge in [0.1, 0.15) is 0 Å².